The molecular formula is C16H22N2O2S. The summed E-state index contributed by atoms with van der Waals surface area (Å²) in [6.45, 7) is 4.10. The van der Waals surface area contributed by atoms with E-state index in [-0.39, 0.29) is 22.8 Å². The number of thioether (sulfide) groups is 1. The molecule has 3 rings (SSSR count). The number of benzene rings is 1. The Morgan fingerprint density at radius 1 is 1.43 bits per heavy atom. The molecule has 0 radical (unpaired) electrons. The van der Waals surface area contributed by atoms with Crippen LogP contribution in [0.25, 0.3) is 0 Å². The van der Waals surface area contributed by atoms with Crippen molar-refractivity contribution >= 4 is 17.7 Å². The van der Waals surface area contributed by atoms with Gasteiger partial charge in [0.05, 0.1) is 12.7 Å². The van der Waals surface area contributed by atoms with E-state index in [2.05, 4.69) is 34.9 Å². The maximum atomic E-state index is 12.3. The van der Waals surface area contributed by atoms with Gasteiger partial charge >= 0.3 is 0 Å². The number of carbonyl (C=O) groups is 1. The molecule has 5 heteroatoms. The van der Waals surface area contributed by atoms with Crippen molar-refractivity contribution in [2.45, 2.75) is 41.6 Å². The summed E-state index contributed by atoms with van der Waals surface area (Å²) in [7, 11) is 0. The van der Waals surface area contributed by atoms with Crippen molar-refractivity contribution < 1.29 is 9.53 Å². The highest BCUT2D eigenvalue weighted by Crippen LogP contribution is 2.51. The number of hydrogen-bond donors (Lipinski definition) is 2. The monoisotopic (exact) mass is 306 g/mol. The van der Waals surface area contributed by atoms with Gasteiger partial charge in [-0.15, -0.1) is 11.8 Å². The van der Waals surface area contributed by atoms with Gasteiger partial charge in [0, 0.05) is 22.7 Å². The summed E-state index contributed by atoms with van der Waals surface area (Å²) in [6.07, 6.45) is 2.27. The average molecular weight is 306 g/mol. The first-order valence-electron chi connectivity index (χ1n) is 7.55. The predicted octanol–water partition coefficient (Wildman–Crippen LogP) is 1.80. The molecule has 1 heterocycles. The van der Waals surface area contributed by atoms with Crippen LogP contribution in [0.3, 0.4) is 0 Å². The van der Waals surface area contributed by atoms with E-state index in [1.165, 1.54) is 4.90 Å². The molecule has 0 bridgehead atoms. The topological polar surface area (TPSA) is 50.4 Å². The van der Waals surface area contributed by atoms with Gasteiger partial charge in [-0.1, -0.05) is 18.2 Å². The minimum atomic E-state index is -0.226. The maximum Gasteiger partial charge on any atom is 0.239 e. The summed E-state index contributed by atoms with van der Waals surface area (Å²) in [5.41, 5.74) is 0. The number of morpholine rings is 1. The molecule has 114 valence electrons. The fourth-order valence-corrected chi connectivity index (χ4v) is 3.82. The van der Waals surface area contributed by atoms with Crippen LogP contribution >= 0.6 is 11.8 Å². The van der Waals surface area contributed by atoms with Gasteiger partial charge < -0.3 is 15.4 Å². The Labute approximate surface area is 130 Å². The molecule has 0 unspecified atom stereocenters. The lowest BCUT2D eigenvalue weighted by Crippen LogP contribution is -2.56. The summed E-state index contributed by atoms with van der Waals surface area (Å²) in [6, 6.07) is 10.2. The Kier molecular flexibility index (Phi) is 4.52. The van der Waals surface area contributed by atoms with Gasteiger partial charge in [-0.25, -0.2) is 0 Å². The van der Waals surface area contributed by atoms with Gasteiger partial charge in [-0.05, 0) is 31.9 Å². The fourth-order valence-electron chi connectivity index (χ4n) is 2.58. The summed E-state index contributed by atoms with van der Waals surface area (Å²) >= 11 is 1.88. The second-order valence-corrected chi connectivity index (χ2v) is 7.37. The molecule has 2 N–H and O–H groups in total. The van der Waals surface area contributed by atoms with Crippen LogP contribution in [0, 0.1) is 0 Å². The predicted molar refractivity (Wildman–Crippen MR) is 84.5 cm³/mol. The zero-order valence-electron chi connectivity index (χ0n) is 12.3. The van der Waals surface area contributed by atoms with Crippen LogP contribution in [0.15, 0.2) is 35.2 Å². The largest absolute Gasteiger partial charge is 0.375 e. The minimum absolute atomic E-state index is 0.0575. The minimum Gasteiger partial charge on any atom is -0.375 e. The van der Waals surface area contributed by atoms with E-state index in [9.17, 15) is 4.79 Å². The molecule has 2 aliphatic rings. The van der Waals surface area contributed by atoms with E-state index in [1.807, 2.05) is 24.8 Å². The quantitative estimate of drug-likeness (QED) is 0.871. The Hall–Kier alpha value is -1.04. The summed E-state index contributed by atoms with van der Waals surface area (Å²) in [4.78, 5) is 13.5. The van der Waals surface area contributed by atoms with Crippen LogP contribution in [0.5, 0.6) is 0 Å². The fraction of sp³-hybridized carbons (Fsp3) is 0.562. The average Bonchev–Trinajstić information content (AvgIpc) is 3.26. The molecule has 4 nitrogen and oxygen atoms in total. The molecule has 2 atom stereocenters. The number of carbonyl (C=O) groups excluding carboxylic acids is 1. The Morgan fingerprint density at radius 3 is 2.86 bits per heavy atom. The number of ether oxygens (including phenoxy) is 1. The highest BCUT2D eigenvalue weighted by molar-refractivity contribution is 8.01. The molecule has 2 fully saturated rings. The van der Waals surface area contributed by atoms with Crippen LogP contribution in [0.4, 0.5) is 0 Å². The van der Waals surface area contributed by atoms with Crippen LogP contribution in [0.1, 0.15) is 19.8 Å². The number of amides is 1. The van der Waals surface area contributed by atoms with E-state index in [4.69, 9.17) is 4.74 Å². The zero-order chi connectivity index (χ0) is 14.7. The summed E-state index contributed by atoms with van der Waals surface area (Å²) < 4.78 is 5.72. The molecule has 1 aromatic carbocycles. The highest BCUT2D eigenvalue weighted by Gasteiger charge is 2.44. The summed E-state index contributed by atoms with van der Waals surface area (Å²) in [5, 5.41) is 6.33. The van der Waals surface area contributed by atoms with Crippen LogP contribution < -0.4 is 10.6 Å². The van der Waals surface area contributed by atoms with Gasteiger partial charge in [0.1, 0.15) is 6.04 Å². The summed E-state index contributed by atoms with van der Waals surface area (Å²) in [5.74, 6) is 0.0575. The Morgan fingerprint density at radius 2 is 2.19 bits per heavy atom. The first-order chi connectivity index (χ1) is 10.2. The van der Waals surface area contributed by atoms with Crippen molar-refractivity contribution in [1.82, 2.24) is 10.6 Å². The lowest BCUT2D eigenvalue weighted by Gasteiger charge is -2.29. The highest BCUT2D eigenvalue weighted by atomic mass is 32.2. The maximum absolute atomic E-state index is 12.3. The van der Waals surface area contributed by atoms with Gasteiger partial charge in [0.25, 0.3) is 0 Å². The van der Waals surface area contributed by atoms with Gasteiger partial charge in [0.2, 0.25) is 5.91 Å². The first-order valence-corrected chi connectivity index (χ1v) is 8.37. The molecular weight excluding hydrogens is 284 g/mol. The third-order valence-electron chi connectivity index (χ3n) is 4.07. The zero-order valence-corrected chi connectivity index (χ0v) is 13.1. The van der Waals surface area contributed by atoms with Crippen molar-refractivity contribution in [3.8, 4) is 0 Å². The number of nitrogens with one attached hydrogen (secondary N) is 2. The molecule has 0 aromatic heterocycles. The van der Waals surface area contributed by atoms with E-state index < -0.39 is 0 Å². The molecule has 1 aliphatic carbocycles. The van der Waals surface area contributed by atoms with Crippen LogP contribution in [-0.2, 0) is 9.53 Å². The third kappa shape index (κ3) is 3.78. The Bertz CT molecular complexity index is 490. The number of rotatable bonds is 5. The van der Waals surface area contributed by atoms with Gasteiger partial charge in [0.15, 0.2) is 0 Å². The Balaban J connectivity index is 1.51. The molecule has 1 amide bonds. The van der Waals surface area contributed by atoms with Crippen molar-refractivity contribution in [1.29, 1.82) is 0 Å². The smallest absolute Gasteiger partial charge is 0.239 e. The van der Waals surface area contributed by atoms with E-state index >= 15 is 0 Å². The molecule has 1 aromatic rings. The molecule has 1 aliphatic heterocycles. The second-order valence-electron chi connectivity index (χ2n) is 5.82. The first kappa shape index (κ1) is 14.9. The third-order valence-corrected chi connectivity index (χ3v) is 5.56. The standard InChI is InChI=1S/C16H22N2O2S/c1-12-14(17-9-10-20-12)15(19)18-11-16(7-8-16)21-13-5-3-2-4-6-13/h2-6,12,14,17H,7-11H2,1H3,(H,18,19)/t12-,14+/m1/s1. The molecule has 1 saturated heterocycles. The van der Waals surface area contributed by atoms with Crippen molar-refractivity contribution in [2.24, 2.45) is 0 Å². The lowest BCUT2D eigenvalue weighted by molar-refractivity contribution is -0.128. The van der Waals surface area contributed by atoms with Crippen LogP contribution in [-0.4, -0.2) is 42.5 Å². The van der Waals surface area contributed by atoms with Crippen molar-refractivity contribution in [3.63, 3.8) is 0 Å². The second kappa shape index (κ2) is 6.38. The number of hydrogen-bond acceptors (Lipinski definition) is 4. The van der Waals surface area contributed by atoms with E-state index in [0.717, 1.165) is 25.9 Å². The molecule has 21 heavy (non-hydrogen) atoms. The van der Waals surface area contributed by atoms with Crippen molar-refractivity contribution in [3.05, 3.63) is 30.3 Å². The van der Waals surface area contributed by atoms with Crippen LogP contribution in [0.2, 0.25) is 0 Å². The molecule has 0 spiro atoms. The van der Waals surface area contributed by atoms with Crippen molar-refractivity contribution in [2.75, 3.05) is 19.7 Å². The van der Waals surface area contributed by atoms with Gasteiger partial charge in [-0.2, -0.15) is 0 Å². The normalized spacial score (nSPS) is 27.1. The van der Waals surface area contributed by atoms with Gasteiger partial charge in [-0.3, -0.25) is 4.79 Å². The lowest BCUT2D eigenvalue weighted by atomic mass is 10.1. The molecule has 1 saturated carbocycles. The van der Waals surface area contributed by atoms with E-state index in [1.54, 1.807) is 0 Å². The SMILES string of the molecule is C[C@H]1OCCN[C@@H]1C(=O)NCC1(Sc2ccccc2)CC1. The van der Waals surface area contributed by atoms with E-state index in [0.29, 0.717) is 6.61 Å².